The third-order valence-corrected chi connectivity index (χ3v) is 4.09. The third-order valence-electron chi connectivity index (χ3n) is 4.09. The van der Waals surface area contributed by atoms with Crippen molar-refractivity contribution in [3.05, 3.63) is 59.8 Å². The number of ether oxygens (including phenoxy) is 1. The van der Waals surface area contributed by atoms with Crippen LogP contribution in [-0.4, -0.2) is 22.3 Å². The quantitative estimate of drug-likeness (QED) is 0.666. The average molecular weight is 349 g/mol. The van der Waals surface area contributed by atoms with Gasteiger partial charge in [-0.25, -0.2) is 0 Å². The largest absolute Gasteiger partial charge is 0.497 e. The van der Waals surface area contributed by atoms with Gasteiger partial charge in [-0.3, -0.25) is 0 Å². The molecule has 0 aliphatic rings. The van der Waals surface area contributed by atoms with Gasteiger partial charge < -0.3 is 15.4 Å². The topological polar surface area (TPSA) is 72.0 Å². The van der Waals surface area contributed by atoms with Crippen molar-refractivity contribution in [2.45, 2.75) is 26.7 Å². The normalized spacial score (nSPS) is 10.7. The Hall–Kier alpha value is -3.15. The van der Waals surface area contributed by atoms with Gasteiger partial charge in [-0.1, -0.05) is 32.0 Å². The minimum absolute atomic E-state index is 0.394. The summed E-state index contributed by atoms with van der Waals surface area (Å²) in [5, 5.41) is 14.7. The van der Waals surface area contributed by atoms with Crippen molar-refractivity contribution in [1.82, 2.24) is 15.2 Å². The van der Waals surface area contributed by atoms with Crippen LogP contribution in [0.1, 0.15) is 30.9 Å². The summed E-state index contributed by atoms with van der Waals surface area (Å²) in [6, 6.07) is 13.9. The smallest absolute Gasteiger partial charge is 0.249 e. The lowest BCUT2D eigenvalue weighted by Crippen LogP contribution is -2.06. The Bertz CT molecular complexity index is 878. The van der Waals surface area contributed by atoms with Gasteiger partial charge in [0.25, 0.3) is 0 Å². The summed E-state index contributed by atoms with van der Waals surface area (Å²) in [6.45, 7) is 6.41. The van der Waals surface area contributed by atoms with Crippen LogP contribution in [0.5, 0.6) is 5.75 Å². The maximum atomic E-state index is 5.17. The lowest BCUT2D eigenvalue weighted by atomic mass is 9.98. The molecule has 2 N–H and O–H groups in total. The monoisotopic (exact) mass is 349 g/mol. The number of hydrogen-bond acceptors (Lipinski definition) is 6. The van der Waals surface area contributed by atoms with Gasteiger partial charge in [0, 0.05) is 11.4 Å². The number of nitrogens with one attached hydrogen (secondary N) is 2. The number of rotatable bonds is 6. The zero-order valence-corrected chi connectivity index (χ0v) is 15.4. The first-order chi connectivity index (χ1) is 12.6. The minimum Gasteiger partial charge on any atom is -0.497 e. The predicted molar refractivity (Wildman–Crippen MR) is 105 cm³/mol. The van der Waals surface area contributed by atoms with Crippen LogP contribution in [0.15, 0.2) is 48.7 Å². The lowest BCUT2D eigenvalue weighted by Gasteiger charge is -2.16. The van der Waals surface area contributed by atoms with Crippen LogP contribution in [0, 0.1) is 6.92 Å². The maximum absolute atomic E-state index is 5.17. The summed E-state index contributed by atoms with van der Waals surface area (Å²) in [4.78, 5) is 4.52. The maximum Gasteiger partial charge on any atom is 0.249 e. The molecule has 0 aliphatic heterocycles. The molecular formula is C20H23N5O. The molecule has 0 spiro atoms. The Morgan fingerprint density at radius 2 is 1.77 bits per heavy atom. The molecule has 6 heteroatoms. The van der Waals surface area contributed by atoms with Gasteiger partial charge in [0.1, 0.15) is 5.75 Å². The second-order valence-electron chi connectivity index (χ2n) is 6.34. The highest BCUT2D eigenvalue weighted by Gasteiger charge is 2.11. The molecule has 6 nitrogen and oxygen atoms in total. The van der Waals surface area contributed by atoms with E-state index in [1.807, 2.05) is 24.3 Å². The van der Waals surface area contributed by atoms with Crippen molar-refractivity contribution in [1.29, 1.82) is 0 Å². The molecule has 2 aromatic carbocycles. The molecule has 0 saturated carbocycles. The van der Waals surface area contributed by atoms with Gasteiger partial charge in [-0.2, -0.15) is 10.1 Å². The van der Waals surface area contributed by atoms with E-state index in [1.54, 1.807) is 13.3 Å². The van der Waals surface area contributed by atoms with E-state index in [-0.39, 0.29) is 0 Å². The first kappa shape index (κ1) is 17.7. The molecule has 1 aromatic heterocycles. The van der Waals surface area contributed by atoms with Gasteiger partial charge in [-0.15, -0.1) is 5.10 Å². The summed E-state index contributed by atoms with van der Waals surface area (Å²) in [5.41, 5.74) is 4.30. The van der Waals surface area contributed by atoms with Crippen LogP contribution < -0.4 is 15.4 Å². The van der Waals surface area contributed by atoms with Crippen LogP contribution in [0.25, 0.3) is 0 Å². The molecule has 0 bridgehead atoms. The zero-order valence-electron chi connectivity index (χ0n) is 15.4. The molecule has 3 rings (SSSR count). The minimum atomic E-state index is 0.394. The highest BCUT2D eigenvalue weighted by Crippen LogP contribution is 2.29. The predicted octanol–water partition coefficient (Wildman–Crippen LogP) is 4.80. The van der Waals surface area contributed by atoms with E-state index in [1.165, 1.54) is 5.56 Å². The van der Waals surface area contributed by atoms with Crippen molar-refractivity contribution in [2.75, 3.05) is 17.7 Å². The van der Waals surface area contributed by atoms with Crippen molar-refractivity contribution < 1.29 is 4.74 Å². The van der Waals surface area contributed by atoms with E-state index < -0.39 is 0 Å². The molecule has 0 amide bonds. The molecule has 3 aromatic rings. The standard InChI is InChI=1S/C20H23N5O/c1-13(2)17-7-5-6-14(3)19(17)24-20-23-18(12-21-25-20)22-15-8-10-16(26-4)11-9-15/h5-13H,1-4H3,(H2,22,23,24,25). The Balaban J connectivity index is 1.82. The molecule has 0 atom stereocenters. The Kier molecular flexibility index (Phi) is 5.31. The van der Waals surface area contributed by atoms with Gasteiger partial charge in [0.15, 0.2) is 5.82 Å². The highest BCUT2D eigenvalue weighted by atomic mass is 16.5. The van der Waals surface area contributed by atoms with Crippen LogP contribution in [-0.2, 0) is 0 Å². The fraction of sp³-hybridized carbons (Fsp3) is 0.250. The average Bonchev–Trinajstić information content (AvgIpc) is 2.64. The van der Waals surface area contributed by atoms with Crippen LogP contribution in [0.2, 0.25) is 0 Å². The van der Waals surface area contributed by atoms with Crippen LogP contribution in [0.4, 0.5) is 23.1 Å². The van der Waals surface area contributed by atoms with E-state index in [0.29, 0.717) is 17.7 Å². The number of benzene rings is 2. The Labute approximate surface area is 153 Å². The molecule has 0 unspecified atom stereocenters. The first-order valence-corrected chi connectivity index (χ1v) is 8.54. The van der Waals surface area contributed by atoms with E-state index in [0.717, 1.165) is 22.7 Å². The van der Waals surface area contributed by atoms with Gasteiger partial charge in [-0.05, 0) is 48.2 Å². The first-order valence-electron chi connectivity index (χ1n) is 8.54. The van der Waals surface area contributed by atoms with Crippen molar-refractivity contribution in [3.8, 4) is 5.75 Å². The van der Waals surface area contributed by atoms with E-state index >= 15 is 0 Å². The summed E-state index contributed by atoms with van der Waals surface area (Å²) in [5.74, 6) is 2.28. The Morgan fingerprint density at radius 3 is 2.46 bits per heavy atom. The molecule has 1 heterocycles. The SMILES string of the molecule is COc1ccc(Nc2cnnc(Nc3c(C)cccc3C(C)C)n2)cc1. The molecule has 0 radical (unpaired) electrons. The summed E-state index contributed by atoms with van der Waals surface area (Å²) in [6.07, 6.45) is 1.59. The second-order valence-corrected chi connectivity index (χ2v) is 6.34. The van der Waals surface area contributed by atoms with Crippen molar-refractivity contribution in [2.24, 2.45) is 0 Å². The number of hydrogen-bond donors (Lipinski definition) is 2. The van der Waals surface area contributed by atoms with Crippen molar-refractivity contribution in [3.63, 3.8) is 0 Å². The second kappa shape index (κ2) is 7.82. The number of para-hydroxylation sites is 1. The molecule has 0 saturated heterocycles. The molecule has 134 valence electrons. The number of methoxy groups -OCH3 is 1. The molecule has 26 heavy (non-hydrogen) atoms. The molecule has 0 aliphatic carbocycles. The van der Waals surface area contributed by atoms with Crippen LogP contribution in [0.3, 0.4) is 0 Å². The third kappa shape index (κ3) is 4.08. The number of aryl methyl sites for hydroxylation is 1. The summed E-state index contributed by atoms with van der Waals surface area (Å²) in [7, 11) is 1.64. The van der Waals surface area contributed by atoms with Crippen molar-refractivity contribution >= 4 is 23.1 Å². The van der Waals surface area contributed by atoms with E-state index in [9.17, 15) is 0 Å². The number of anilines is 4. The van der Waals surface area contributed by atoms with Crippen LogP contribution >= 0.6 is 0 Å². The van der Waals surface area contributed by atoms with E-state index in [2.05, 4.69) is 64.8 Å². The fourth-order valence-corrected chi connectivity index (χ4v) is 2.69. The van der Waals surface area contributed by atoms with Gasteiger partial charge >= 0.3 is 0 Å². The number of aromatic nitrogens is 3. The van der Waals surface area contributed by atoms with Gasteiger partial charge in [0.2, 0.25) is 5.95 Å². The Morgan fingerprint density at radius 1 is 1.00 bits per heavy atom. The van der Waals surface area contributed by atoms with Gasteiger partial charge in [0.05, 0.1) is 13.3 Å². The molecule has 0 fully saturated rings. The fourth-order valence-electron chi connectivity index (χ4n) is 2.69. The summed E-state index contributed by atoms with van der Waals surface area (Å²) < 4.78 is 5.17. The summed E-state index contributed by atoms with van der Waals surface area (Å²) >= 11 is 0. The number of nitrogens with zero attached hydrogens (tertiary/aromatic N) is 3. The molecular weight excluding hydrogens is 326 g/mol. The zero-order chi connectivity index (χ0) is 18.5. The highest BCUT2D eigenvalue weighted by molar-refractivity contribution is 5.65. The lowest BCUT2D eigenvalue weighted by molar-refractivity contribution is 0.415. The van der Waals surface area contributed by atoms with E-state index in [4.69, 9.17) is 4.74 Å².